The van der Waals surface area contributed by atoms with Gasteiger partial charge in [0.2, 0.25) is 11.8 Å². The first kappa shape index (κ1) is 32.2. The summed E-state index contributed by atoms with van der Waals surface area (Å²) in [6.07, 6.45) is 1.99. The Morgan fingerprint density at radius 3 is 2.17 bits per heavy atom. The van der Waals surface area contributed by atoms with E-state index in [4.69, 9.17) is 4.37 Å². The maximum Gasteiger partial charge on any atom is 0.233 e. The lowest BCUT2D eigenvalue weighted by Gasteiger charge is -2.56. The molecule has 1 aromatic carbocycles. The predicted molar refractivity (Wildman–Crippen MR) is 193 cm³/mol. The monoisotopic (exact) mass is 661 g/mol. The molecule has 47 heavy (non-hydrogen) atoms. The van der Waals surface area contributed by atoms with Gasteiger partial charge in [-0.1, -0.05) is 67.5 Å². The minimum absolute atomic E-state index is 0.00499. The van der Waals surface area contributed by atoms with Gasteiger partial charge in [0.15, 0.2) is 5.82 Å². The first-order valence-electron chi connectivity index (χ1n) is 19.0. The quantitative estimate of drug-likeness (QED) is 0.304. The zero-order chi connectivity index (χ0) is 35.0. The van der Waals surface area contributed by atoms with Crippen molar-refractivity contribution < 1.29 is 11.0 Å². The number of likely N-dealkylation sites (N-methyl/N-ethyl adjacent to an activating group) is 1. The fourth-order valence-corrected chi connectivity index (χ4v) is 13.4. The summed E-state index contributed by atoms with van der Waals surface area (Å²) in [5, 5.41) is 1.24. The molecule has 3 saturated carbocycles. The van der Waals surface area contributed by atoms with E-state index in [0.717, 1.165) is 31.7 Å². The topological polar surface area (TPSA) is 56.8 Å². The Morgan fingerprint density at radius 2 is 1.55 bits per heavy atom. The number of hydrogen-bond acceptors (Lipinski definition) is 6. The fraction of sp³-hybridized carbons (Fsp3) is 0.775. The summed E-state index contributed by atoms with van der Waals surface area (Å²) in [6, 6.07) is 6.42. The van der Waals surface area contributed by atoms with Crippen LogP contribution in [0.1, 0.15) is 89.0 Å². The lowest BCUT2D eigenvalue weighted by atomic mass is 9.53. The highest BCUT2D eigenvalue weighted by atomic mass is 32.1. The molecule has 2 aromatic rings. The molecule has 5 aliphatic rings. The fourth-order valence-electron chi connectivity index (χ4n) is 12.6. The molecule has 0 radical (unpaired) electrons. The van der Waals surface area contributed by atoms with Gasteiger partial charge in [0.05, 0.1) is 16.5 Å². The van der Waals surface area contributed by atoms with Crippen LogP contribution < -0.4 is 4.90 Å². The number of aromatic nitrogens is 1. The maximum atomic E-state index is 14.6. The van der Waals surface area contributed by atoms with Crippen LogP contribution in [0.3, 0.4) is 0 Å². The molecule has 7 rings (SSSR count). The first-order chi connectivity index (χ1) is 22.3. The number of fused-ring (bicyclic) bond motifs is 6. The van der Waals surface area contributed by atoms with Crippen molar-refractivity contribution in [3.63, 3.8) is 0 Å². The summed E-state index contributed by atoms with van der Waals surface area (Å²) in [7, 11) is 2.20. The standard InChI is InChI=1S/C40H60N4O2S/c1-20-14-13-15-29-30(20)36(41-47-29)43-18-22(3)42(12)28(19-43)25(6)27-17-16-21(2)39(8,9)35(27)26(7)44-37(45)31-32(38(44)46)34-24(5)23(4)33(31)40(34,10)11/h13-15,21-28,31-35H,16-19H2,1-12H3/t21?,22?,23?,24?,25?,26?,27-,28-,31-,32+,33+,34?,35-/m0/s1/i25D. The van der Waals surface area contributed by atoms with Crippen LogP contribution in [0.5, 0.6) is 0 Å². The van der Waals surface area contributed by atoms with Crippen LogP contribution in [0.15, 0.2) is 18.2 Å². The second-order valence-electron chi connectivity index (χ2n) is 18.0. The summed E-state index contributed by atoms with van der Waals surface area (Å²) in [5.41, 5.74) is 1.11. The molecule has 13 atom stereocenters. The van der Waals surface area contributed by atoms with Crippen molar-refractivity contribution in [2.75, 3.05) is 25.0 Å². The second kappa shape index (κ2) is 11.3. The first-order valence-corrected chi connectivity index (χ1v) is 19.3. The Balaban J connectivity index is 1.23. The van der Waals surface area contributed by atoms with E-state index in [1.54, 1.807) is 16.4 Å². The molecule has 1 aromatic heterocycles. The molecule has 5 fully saturated rings. The molecule has 3 aliphatic carbocycles. The third kappa shape index (κ3) is 4.60. The minimum Gasteiger partial charge on any atom is -0.352 e. The van der Waals surface area contributed by atoms with Crippen LogP contribution in [0.25, 0.3) is 10.1 Å². The van der Waals surface area contributed by atoms with E-state index in [-0.39, 0.29) is 76.3 Å². The highest BCUT2D eigenvalue weighted by Gasteiger charge is 2.73. The maximum absolute atomic E-state index is 14.6. The van der Waals surface area contributed by atoms with E-state index in [9.17, 15) is 11.0 Å². The van der Waals surface area contributed by atoms with Gasteiger partial charge in [-0.2, -0.15) is 4.37 Å². The number of rotatable bonds is 5. The third-order valence-corrected chi connectivity index (χ3v) is 16.3. The summed E-state index contributed by atoms with van der Waals surface area (Å²) >= 11 is 1.57. The number of imide groups is 1. The Morgan fingerprint density at radius 1 is 0.936 bits per heavy atom. The van der Waals surface area contributed by atoms with Crippen LogP contribution in [0.4, 0.5) is 5.82 Å². The van der Waals surface area contributed by atoms with E-state index in [0.29, 0.717) is 17.8 Å². The lowest BCUT2D eigenvalue weighted by molar-refractivity contribution is -0.150. The van der Waals surface area contributed by atoms with Gasteiger partial charge in [0.1, 0.15) is 0 Å². The number of hydrogen-bond donors (Lipinski definition) is 0. The van der Waals surface area contributed by atoms with Crippen molar-refractivity contribution in [3.8, 4) is 0 Å². The summed E-state index contributed by atoms with van der Waals surface area (Å²) in [5.74, 6) is 1.90. The normalized spacial score (nSPS) is 42.1. The third-order valence-electron chi connectivity index (χ3n) is 15.5. The molecule has 0 spiro atoms. The molecular weight excluding hydrogens is 601 g/mol. The number of likely N-dealkylation sites (tertiary alicyclic amines) is 1. The van der Waals surface area contributed by atoms with Crippen LogP contribution in [0.2, 0.25) is 0 Å². The van der Waals surface area contributed by atoms with Crippen molar-refractivity contribution >= 4 is 39.3 Å². The number of piperazine rings is 1. The van der Waals surface area contributed by atoms with E-state index < -0.39 is 5.89 Å². The zero-order valence-electron chi connectivity index (χ0n) is 32.0. The molecule has 7 unspecified atom stereocenters. The van der Waals surface area contributed by atoms with Crippen LogP contribution in [-0.2, 0) is 9.59 Å². The van der Waals surface area contributed by atoms with E-state index in [1.165, 1.54) is 15.6 Å². The number of benzene rings is 1. The lowest BCUT2D eigenvalue weighted by Crippen LogP contribution is -2.62. The Hall–Kier alpha value is -1.99. The molecule has 7 heteroatoms. The highest BCUT2D eigenvalue weighted by molar-refractivity contribution is 7.13. The molecule has 2 saturated heterocycles. The number of amides is 2. The van der Waals surface area contributed by atoms with Gasteiger partial charge >= 0.3 is 0 Å². The van der Waals surface area contributed by atoms with Gasteiger partial charge in [-0.25, -0.2) is 0 Å². The van der Waals surface area contributed by atoms with Crippen molar-refractivity contribution in [1.29, 1.82) is 0 Å². The van der Waals surface area contributed by atoms with E-state index in [2.05, 4.69) is 111 Å². The van der Waals surface area contributed by atoms with Gasteiger partial charge in [-0.15, -0.1) is 0 Å². The van der Waals surface area contributed by atoms with E-state index >= 15 is 0 Å². The molecule has 3 heterocycles. The average Bonchev–Trinajstić information content (AvgIpc) is 3.66. The number of anilines is 1. The predicted octanol–water partition coefficient (Wildman–Crippen LogP) is 7.99. The number of carbonyl (C=O) groups excluding carboxylic acids is 2. The molecule has 0 N–H and O–H groups in total. The minimum atomic E-state index is -0.815. The Labute approximate surface area is 289 Å². The molecule has 2 aliphatic heterocycles. The van der Waals surface area contributed by atoms with E-state index in [1.807, 2.05) is 0 Å². The Kier molecular flexibility index (Phi) is 7.72. The highest BCUT2D eigenvalue weighted by Crippen LogP contribution is 2.70. The molecule has 258 valence electrons. The van der Waals surface area contributed by atoms with Crippen molar-refractivity contribution in [3.05, 3.63) is 23.8 Å². The summed E-state index contributed by atoms with van der Waals surface area (Å²) < 4.78 is 16.6. The van der Waals surface area contributed by atoms with Gasteiger partial charge in [-0.05, 0) is 122 Å². The van der Waals surface area contributed by atoms with Gasteiger partial charge < -0.3 is 4.90 Å². The van der Waals surface area contributed by atoms with Crippen LogP contribution in [0, 0.1) is 76.9 Å². The van der Waals surface area contributed by atoms with Gasteiger partial charge in [-0.3, -0.25) is 19.4 Å². The van der Waals surface area contributed by atoms with Crippen molar-refractivity contribution in [1.82, 2.24) is 14.2 Å². The smallest absolute Gasteiger partial charge is 0.233 e. The number of nitrogens with zero attached hydrogens (tertiary/aromatic N) is 4. The summed E-state index contributed by atoms with van der Waals surface area (Å²) in [4.78, 5) is 35.8. The van der Waals surface area contributed by atoms with Gasteiger partial charge in [0, 0.05) is 38.0 Å². The van der Waals surface area contributed by atoms with Crippen molar-refractivity contribution in [2.24, 2.45) is 70.0 Å². The molecule has 6 nitrogen and oxygen atoms in total. The number of aryl methyl sites for hydroxylation is 1. The molecule has 2 amide bonds. The largest absolute Gasteiger partial charge is 0.352 e. The van der Waals surface area contributed by atoms with Crippen LogP contribution in [-0.4, -0.2) is 64.3 Å². The zero-order valence-corrected chi connectivity index (χ0v) is 31.8. The number of carbonyl (C=O) groups is 2. The average molecular weight is 662 g/mol. The van der Waals surface area contributed by atoms with Crippen LogP contribution >= 0.6 is 11.5 Å². The van der Waals surface area contributed by atoms with Gasteiger partial charge in [0.25, 0.3) is 0 Å². The SMILES string of the molecule is [2H]C(C)([C@@H]1CCC(C)C(C)(C)[C@H]1C(C)N1C(=O)[C@@H]2[C@H]3C(C)C(C)C([C@@H]2C1=O)C3(C)C)[C@@H]1CN(c2nsc3cccc(C)c23)CC(C)N1C. The summed E-state index contributed by atoms with van der Waals surface area (Å²) in [6.45, 7) is 26.7. The molecular formula is C40H60N4O2S. The Bertz CT molecular complexity index is 1580. The molecule has 2 bridgehead atoms. The second-order valence-corrected chi connectivity index (χ2v) is 18.8. The van der Waals surface area contributed by atoms with Crippen molar-refractivity contribution in [2.45, 2.75) is 107 Å².